The summed E-state index contributed by atoms with van der Waals surface area (Å²) < 4.78 is 24.4. The molecular weight excluding hydrogens is 154 g/mol. The lowest BCUT2D eigenvalue weighted by Gasteiger charge is -2.27. The van der Waals surface area contributed by atoms with E-state index in [0.717, 1.165) is 0 Å². The summed E-state index contributed by atoms with van der Waals surface area (Å²) in [6, 6.07) is 0. The summed E-state index contributed by atoms with van der Waals surface area (Å²) in [6.07, 6.45) is -1.97. The van der Waals surface area contributed by atoms with Crippen LogP contribution in [0, 0.1) is 5.41 Å². The normalized spacial score (nSPS) is 12.5. The van der Waals surface area contributed by atoms with Gasteiger partial charge in [0.1, 0.15) is 0 Å². The standard InChI is InChI=1S/C7H14F2O2/c1-2-3-7(4-10,5-11)6(8)9/h6,10-11H,2-5H2,1H3. The number of alkyl halides is 2. The Labute approximate surface area is 64.8 Å². The Hall–Kier alpha value is -0.220. The van der Waals surface area contributed by atoms with Crippen molar-refractivity contribution >= 4 is 0 Å². The van der Waals surface area contributed by atoms with Gasteiger partial charge < -0.3 is 10.2 Å². The van der Waals surface area contributed by atoms with E-state index in [1.54, 1.807) is 6.92 Å². The molecule has 4 heteroatoms. The molecular formula is C7H14F2O2. The Balaban J connectivity index is 4.20. The van der Waals surface area contributed by atoms with Crippen LogP contribution in [0.4, 0.5) is 8.78 Å². The van der Waals surface area contributed by atoms with Crippen molar-refractivity contribution < 1.29 is 19.0 Å². The number of halogens is 2. The van der Waals surface area contributed by atoms with Crippen molar-refractivity contribution in [1.29, 1.82) is 0 Å². The zero-order chi connectivity index (χ0) is 8.91. The van der Waals surface area contributed by atoms with E-state index in [2.05, 4.69) is 0 Å². The quantitative estimate of drug-likeness (QED) is 0.643. The Morgan fingerprint density at radius 2 is 1.73 bits per heavy atom. The van der Waals surface area contributed by atoms with Crippen LogP contribution in [0.15, 0.2) is 0 Å². The third-order valence-corrected chi connectivity index (χ3v) is 1.84. The summed E-state index contributed by atoms with van der Waals surface area (Å²) >= 11 is 0. The Morgan fingerprint density at radius 1 is 1.27 bits per heavy atom. The molecule has 0 radical (unpaired) electrons. The molecule has 0 aliphatic rings. The van der Waals surface area contributed by atoms with Gasteiger partial charge in [-0.2, -0.15) is 0 Å². The average Bonchev–Trinajstić information content (AvgIpc) is 2.00. The molecule has 0 heterocycles. The Morgan fingerprint density at radius 3 is 1.82 bits per heavy atom. The first-order valence-corrected chi connectivity index (χ1v) is 3.63. The molecule has 0 spiro atoms. The van der Waals surface area contributed by atoms with Gasteiger partial charge in [0, 0.05) is 0 Å². The van der Waals surface area contributed by atoms with E-state index in [9.17, 15) is 8.78 Å². The summed E-state index contributed by atoms with van der Waals surface area (Å²) in [5, 5.41) is 17.3. The minimum atomic E-state index is -2.66. The molecule has 0 rings (SSSR count). The molecule has 0 bridgehead atoms. The van der Waals surface area contributed by atoms with E-state index >= 15 is 0 Å². The van der Waals surface area contributed by atoms with E-state index in [1.165, 1.54) is 0 Å². The number of hydrogen-bond donors (Lipinski definition) is 2. The fourth-order valence-electron chi connectivity index (χ4n) is 0.953. The van der Waals surface area contributed by atoms with E-state index in [-0.39, 0.29) is 6.42 Å². The molecule has 0 aromatic carbocycles. The lowest BCUT2D eigenvalue weighted by Crippen LogP contribution is -2.37. The van der Waals surface area contributed by atoms with Crippen molar-refractivity contribution in [3.8, 4) is 0 Å². The molecule has 68 valence electrons. The molecule has 11 heavy (non-hydrogen) atoms. The molecule has 0 aromatic rings. The summed E-state index contributed by atoms with van der Waals surface area (Å²) in [5.41, 5.74) is -1.59. The van der Waals surface area contributed by atoms with Crippen LogP contribution < -0.4 is 0 Å². The second kappa shape index (κ2) is 4.62. The van der Waals surface area contributed by atoms with Gasteiger partial charge in [-0.25, -0.2) is 8.78 Å². The summed E-state index contributed by atoms with van der Waals surface area (Å²) in [6.45, 7) is 0.423. The van der Waals surface area contributed by atoms with Gasteiger partial charge in [0.25, 0.3) is 0 Å². The SMILES string of the molecule is CCCC(CO)(CO)C(F)F. The summed E-state index contributed by atoms with van der Waals surface area (Å²) in [5.74, 6) is 0. The summed E-state index contributed by atoms with van der Waals surface area (Å²) in [4.78, 5) is 0. The molecule has 0 fully saturated rings. The summed E-state index contributed by atoms with van der Waals surface area (Å²) in [7, 11) is 0. The predicted octanol–water partition coefficient (Wildman–Crippen LogP) is 1.02. The molecule has 0 aromatic heterocycles. The van der Waals surface area contributed by atoms with Crippen LogP contribution in [0.5, 0.6) is 0 Å². The third-order valence-electron chi connectivity index (χ3n) is 1.84. The van der Waals surface area contributed by atoms with E-state index in [0.29, 0.717) is 6.42 Å². The molecule has 0 unspecified atom stereocenters. The Bertz CT molecular complexity index is 103. The van der Waals surface area contributed by atoms with Gasteiger partial charge in [0.15, 0.2) is 0 Å². The zero-order valence-electron chi connectivity index (χ0n) is 6.56. The molecule has 0 saturated carbocycles. The first kappa shape index (κ1) is 10.8. The maximum atomic E-state index is 12.2. The number of hydrogen-bond acceptors (Lipinski definition) is 2. The van der Waals surface area contributed by atoms with Gasteiger partial charge in [-0.15, -0.1) is 0 Å². The minimum Gasteiger partial charge on any atom is -0.395 e. The predicted molar refractivity (Wildman–Crippen MR) is 37.5 cm³/mol. The van der Waals surface area contributed by atoms with Gasteiger partial charge in [-0.05, 0) is 6.42 Å². The maximum absolute atomic E-state index is 12.2. The lowest BCUT2D eigenvalue weighted by molar-refractivity contribution is -0.0791. The van der Waals surface area contributed by atoms with E-state index in [1.807, 2.05) is 0 Å². The number of rotatable bonds is 5. The number of aliphatic hydroxyl groups excluding tert-OH is 2. The van der Waals surface area contributed by atoms with Gasteiger partial charge >= 0.3 is 0 Å². The van der Waals surface area contributed by atoms with Crippen LogP contribution in [-0.4, -0.2) is 29.9 Å². The smallest absolute Gasteiger partial charge is 0.248 e. The second-order valence-corrected chi connectivity index (χ2v) is 2.73. The fraction of sp³-hybridized carbons (Fsp3) is 1.00. The van der Waals surface area contributed by atoms with Crippen LogP contribution in [0.2, 0.25) is 0 Å². The van der Waals surface area contributed by atoms with Gasteiger partial charge in [-0.1, -0.05) is 13.3 Å². The van der Waals surface area contributed by atoms with Crippen LogP contribution in [0.25, 0.3) is 0 Å². The van der Waals surface area contributed by atoms with Crippen molar-refractivity contribution in [2.75, 3.05) is 13.2 Å². The zero-order valence-corrected chi connectivity index (χ0v) is 6.56. The first-order valence-electron chi connectivity index (χ1n) is 3.63. The van der Waals surface area contributed by atoms with Crippen LogP contribution in [0.1, 0.15) is 19.8 Å². The molecule has 0 amide bonds. The lowest BCUT2D eigenvalue weighted by atomic mass is 9.86. The minimum absolute atomic E-state index is 0.150. The van der Waals surface area contributed by atoms with E-state index in [4.69, 9.17) is 10.2 Å². The Kier molecular flexibility index (Phi) is 4.52. The molecule has 0 aliphatic heterocycles. The number of aliphatic hydroxyl groups is 2. The monoisotopic (exact) mass is 168 g/mol. The highest BCUT2D eigenvalue weighted by Crippen LogP contribution is 2.30. The highest BCUT2D eigenvalue weighted by atomic mass is 19.3. The fourth-order valence-corrected chi connectivity index (χ4v) is 0.953. The van der Waals surface area contributed by atoms with Gasteiger partial charge in [-0.3, -0.25) is 0 Å². The van der Waals surface area contributed by atoms with Gasteiger partial charge in [0.05, 0.1) is 18.6 Å². The van der Waals surface area contributed by atoms with Gasteiger partial charge in [0.2, 0.25) is 6.43 Å². The van der Waals surface area contributed by atoms with Crippen molar-refractivity contribution in [3.63, 3.8) is 0 Å². The largest absolute Gasteiger partial charge is 0.395 e. The molecule has 2 N–H and O–H groups in total. The molecule has 0 saturated heterocycles. The van der Waals surface area contributed by atoms with Crippen molar-refractivity contribution in [2.24, 2.45) is 5.41 Å². The van der Waals surface area contributed by atoms with Crippen LogP contribution in [0.3, 0.4) is 0 Å². The van der Waals surface area contributed by atoms with Crippen molar-refractivity contribution in [2.45, 2.75) is 26.2 Å². The topological polar surface area (TPSA) is 40.5 Å². The van der Waals surface area contributed by atoms with Crippen LogP contribution >= 0.6 is 0 Å². The van der Waals surface area contributed by atoms with Crippen LogP contribution in [-0.2, 0) is 0 Å². The maximum Gasteiger partial charge on any atom is 0.248 e. The van der Waals surface area contributed by atoms with Crippen molar-refractivity contribution in [1.82, 2.24) is 0 Å². The molecule has 0 atom stereocenters. The average molecular weight is 168 g/mol. The van der Waals surface area contributed by atoms with E-state index < -0.39 is 25.1 Å². The molecule has 0 aliphatic carbocycles. The highest BCUT2D eigenvalue weighted by Gasteiger charge is 2.37. The second-order valence-electron chi connectivity index (χ2n) is 2.73. The van der Waals surface area contributed by atoms with Crippen molar-refractivity contribution in [3.05, 3.63) is 0 Å². The third kappa shape index (κ3) is 2.38. The highest BCUT2D eigenvalue weighted by molar-refractivity contribution is 4.79. The first-order chi connectivity index (χ1) is 5.13. The molecule has 2 nitrogen and oxygen atoms in total.